The number of nitrogens with one attached hydrogen (secondary N) is 1. The number of carbonyl (C=O) groups is 1. The first-order valence-electron chi connectivity index (χ1n) is 6.88. The highest BCUT2D eigenvalue weighted by Gasteiger charge is 2.21. The number of rotatable bonds is 5. The minimum absolute atomic E-state index is 0.152. The second-order valence-corrected chi connectivity index (χ2v) is 6.74. The van der Waals surface area contributed by atoms with Gasteiger partial charge in [-0.05, 0) is 39.3 Å². The van der Waals surface area contributed by atoms with Gasteiger partial charge in [0.25, 0.3) is 0 Å². The van der Waals surface area contributed by atoms with E-state index in [1.54, 1.807) is 32.9 Å². The lowest BCUT2D eigenvalue weighted by Crippen LogP contribution is -2.34. The molecular formula is C15H21Cl2NO4. The summed E-state index contributed by atoms with van der Waals surface area (Å²) in [5.41, 5.74) is -0.199. The summed E-state index contributed by atoms with van der Waals surface area (Å²) in [6.45, 7) is 5.44. The van der Waals surface area contributed by atoms with Crippen LogP contribution >= 0.6 is 23.2 Å². The molecule has 1 rings (SSSR count). The molecule has 0 aliphatic heterocycles. The van der Waals surface area contributed by atoms with Crippen LogP contribution in [0.2, 0.25) is 10.0 Å². The van der Waals surface area contributed by atoms with Crippen molar-refractivity contribution in [1.82, 2.24) is 5.32 Å². The minimum Gasteiger partial charge on any atom is -0.444 e. The van der Waals surface area contributed by atoms with Crippen LogP contribution in [-0.2, 0) is 4.74 Å². The van der Waals surface area contributed by atoms with Crippen molar-refractivity contribution in [1.29, 1.82) is 0 Å². The summed E-state index contributed by atoms with van der Waals surface area (Å²) < 4.78 is 5.07. The number of amides is 1. The van der Waals surface area contributed by atoms with Crippen molar-refractivity contribution in [3.8, 4) is 0 Å². The van der Waals surface area contributed by atoms with Gasteiger partial charge in [-0.2, -0.15) is 0 Å². The number of aliphatic hydroxyl groups is 2. The maximum Gasteiger partial charge on any atom is 0.407 e. The molecule has 22 heavy (non-hydrogen) atoms. The van der Waals surface area contributed by atoms with Crippen molar-refractivity contribution < 1.29 is 19.7 Å². The van der Waals surface area contributed by atoms with Crippen LogP contribution in [-0.4, -0.2) is 34.6 Å². The van der Waals surface area contributed by atoms with E-state index in [2.05, 4.69) is 5.32 Å². The van der Waals surface area contributed by atoms with Gasteiger partial charge in [-0.15, -0.1) is 0 Å². The Kier molecular flexibility index (Phi) is 6.94. The van der Waals surface area contributed by atoms with E-state index in [4.69, 9.17) is 27.9 Å². The first-order chi connectivity index (χ1) is 10.1. The van der Waals surface area contributed by atoms with Crippen molar-refractivity contribution in [2.75, 3.05) is 6.54 Å². The van der Waals surface area contributed by atoms with E-state index < -0.39 is 23.9 Å². The van der Waals surface area contributed by atoms with E-state index >= 15 is 0 Å². The maximum absolute atomic E-state index is 11.5. The standard InChI is InChI=1S/C15H21Cl2NO4/c1-15(2,3)22-14(21)18-7-6-12(19)13(20)10-5-4-9(16)8-11(10)17/h4-5,8,12-13,19-20H,6-7H2,1-3H3,(H,18,21). The molecule has 0 aliphatic carbocycles. The van der Waals surface area contributed by atoms with Crippen molar-refractivity contribution >= 4 is 29.3 Å². The Morgan fingerprint density at radius 2 is 1.95 bits per heavy atom. The van der Waals surface area contributed by atoms with Crippen LogP contribution in [0.25, 0.3) is 0 Å². The van der Waals surface area contributed by atoms with Crippen molar-refractivity contribution in [3.63, 3.8) is 0 Å². The lowest BCUT2D eigenvalue weighted by Gasteiger charge is -2.21. The molecule has 124 valence electrons. The van der Waals surface area contributed by atoms with Gasteiger partial charge in [0.15, 0.2) is 0 Å². The Bertz CT molecular complexity index is 517. The summed E-state index contributed by atoms with van der Waals surface area (Å²) in [7, 11) is 0. The molecule has 5 nitrogen and oxygen atoms in total. The molecule has 1 aromatic carbocycles. The maximum atomic E-state index is 11.5. The monoisotopic (exact) mass is 349 g/mol. The van der Waals surface area contributed by atoms with E-state index in [9.17, 15) is 15.0 Å². The van der Waals surface area contributed by atoms with E-state index in [0.717, 1.165) is 0 Å². The molecule has 0 aromatic heterocycles. The van der Waals surface area contributed by atoms with Crippen molar-refractivity contribution in [2.24, 2.45) is 0 Å². The molecule has 0 saturated heterocycles. The van der Waals surface area contributed by atoms with Gasteiger partial charge in [0.1, 0.15) is 11.7 Å². The highest BCUT2D eigenvalue weighted by atomic mass is 35.5. The van der Waals surface area contributed by atoms with Crippen LogP contribution in [0.3, 0.4) is 0 Å². The molecule has 7 heteroatoms. The minimum atomic E-state index is -1.16. The van der Waals surface area contributed by atoms with E-state index in [1.165, 1.54) is 6.07 Å². The van der Waals surface area contributed by atoms with Crippen LogP contribution in [0.15, 0.2) is 18.2 Å². The number of halogens is 2. The van der Waals surface area contributed by atoms with Gasteiger partial charge < -0.3 is 20.3 Å². The summed E-state index contributed by atoms with van der Waals surface area (Å²) in [6.07, 6.45) is -2.66. The average Bonchev–Trinajstić information content (AvgIpc) is 2.35. The first kappa shape index (κ1) is 19.0. The molecule has 0 fully saturated rings. The third-order valence-corrected chi connectivity index (χ3v) is 3.32. The number of ether oxygens (including phenoxy) is 1. The fourth-order valence-electron chi connectivity index (χ4n) is 1.74. The molecule has 0 saturated carbocycles. The van der Waals surface area contributed by atoms with Gasteiger partial charge in [0, 0.05) is 22.2 Å². The fourth-order valence-corrected chi connectivity index (χ4v) is 2.26. The van der Waals surface area contributed by atoms with E-state index in [1.807, 2.05) is 0 Å². The topological polar surface area (TPSA) is 78.8 Å². The van der Waals surface area contributed by atoms with Gasteiger partial charge in [-0.25, -0.2) is 4.79 Å². The number of benzene rings is 1. The van der Waals surface area contributed by atoms with E-state index in [-0.39, 0.29) is 18.0 Å². The SMILES string of the molecule is CC(C)(C)OC(=O)NCCC(O)C(O)c1ccc(Cl)cc1Cl. The van der Waals surface area contributed by atoms with Crippen LogP contribution in [0.1, 0.15) is 38.9 Å². The van der Waals surface area contributed by atoms with Crippen LogP contribution in [0.5, 0.6) is 0 Å². The zero-order chi connectivity index (χ0) is 16.9. The summed E-state index contributed by atoms with van der Waals surface area (Å²) in [6, 6.07) is 4.63. The molecule has 1 amide bonds. The summed E-state index contributed by atoms with van der Waals surface area (Å²) in [5, 5.41) is 23.3. The molecule has 1 aromatic rings. The smallest absolute Gasteiger partial charge is 0.407 e. The van der Waals surface area contributed by atoms with Crippen molar-refractivity contribution in [2.45, 2.75) is 45.0 Å². The molecule has 0 aliphatic rings. The third-order valence-electron chi connectivity index (χ3n) is 2.75. The molecule has 3 N–H and O–H groups in total. The highest BCUT2D eigenvalue weighted by Crippen LogP contribution is 2.28. The van der Waals surface area contributed by atoms with Gasteiger partial charge in [0.2, 0.25) is 0 Å². The molecule has 0 bridgehead atoms. The molecular weight excluding hydrogens is 329 g/mol. The van der Waals surface area contributed by atoms with Gasteiger partial charge >= 0.3 is 6.09 Å². The van der Waals surface area contributed by atoms with E-state index in [0.29, 0.717) is 10.6 Å². The highest BCUT2D eigenvalue weighted by molar-refractivity contribution is 6.35. The second kappa shape index (κ2) is 8.02. The normalized spacial score (nSPS) is 14.3. The van der Waals surface area contributed by atoms with Gasteiger partial charge in [-0.3, -0.25) is 0 Å². The Hall–Kier alpha value is -1.01. The van der Waals surface area contributed by atoms with Crippen LogP contribution in [0.4, 0.5) is 4.79 Å². The number of hydrogen-bond donors (Lipinski definition) is 3. The van der Waals surface area contributed by atoms with Crippen LogP contribution in [0, 0.1) is 0 Å². The summed E-state index contributed by atoms with van der Waals surface area (Å²) in [4.78, 5) is 11.5. The quantitative estimate of drug-likeness (QED) is 0.761. The zero-order valence-electron chi connectivity index (χ0n) is 12.8. The summed E-state index contributed by atoms with van der Waals surface area (Å²) >= 11 is 11.8. The Morgan fingerprint density at radius 3 is 2.50 bits per heavy atom. The van der Waals surface area contributed by atoms with Gasteiger partial charge in [0.05, 0.1) is 6.10 Å². The predicted octanol–water partition coefficient (Wildman–Crippen LogP) is 3.30. The number of hydrogen-bond acceptors (Lipinski definition) is 4. The molecule has 0 radical (unpaired) electrons. The average molecular weight is 350 g/mol. The van der Waals surface area contributed by atoms with Gasteiger partial charge in [-0.1, -0.05) is 29.3 Å². The number of alkyl carbamates (subject to hydrolysis) is 1. The lowest BCUT2D eigenvalue weighted by molar-refractivity contribution is 0.0123. The fraction of sp³-hybridized carbons (Fsp3) is 0.533. The zero-order valence-corrected chi connectivity index (χ0v) is 14.3. The summed E-state index contributed by atoms with van der Waals surface area (Å²) in [5.74, 6) is 0. The third kappa shape index (κ3) is 6.40. The first-order valence-corrected chi connectivity index (χ1v) is 7.63. The number of aliphatic hydroxyl groups excluding tert-OH is 2. The largest absolute Gasteiger partial charge is 0.444 e. The van der Waals surface area contributed by atoms with Crippen molar-refractivity contribution in [3.05, 3.63) is 33.8 Å². The Morgan fingerprint density at radius 1 is 1.32 bits per heavy atom. The second-order valence-electron chi connectivity index (χ2n) is 5.90. The molecule has 0 spiro atoms. The molecule has 2 unspecified atom stereocenters. The Balaban J connectivity index is 2.48. The number of carbonyl (C=O) groups excluding carboxylic acids is 1. The van der Waals surface area contributed by atoms with Crippen LogP contribution < -0.4 is 5.32 Å². The molecule has 0 heterocycles. The Labute approximate surface area is 140 Å². The molecule has 2 atom stereocenters. The predicted molar refractivity (Wildman–Crippen MR) is 86.3 cm³/mol. The lowest BCUT2D eigenvalue weighted by atomic mass is 10.0.